The van der Waals surface area contributed by atoms with Crippen LogP contribution < -0.4 is 4.90 Å². The molecule has 0 aromatic heterocycles. The Labute approximate surface area is 218 Å². The standard InChI is InChI=1S/C25H20Cl2N2O6S/c1-35-25(32)17-7-10-19(11-8-17)29-23(30)14-21(24(29)31)28(15-16-5-3-2-4-6-16)36(33,34)22-13-18(26)9-12-20(22)27/h2-13,21H,14-15H2,1H3. The third kappa shape index (κ3) is 5.01. The van der Waals surface area contributed by atoms with E-state index in [0.29, 0.717) is 5.56 Å². The van der Waals surface area contributed by atoms with Gasteiger partial charge in [-0.15, -0.1) is 0 Å². The predicted molar refractivity (Wildman–Crippen MR) is 134 cm³/mol. The van der Waals surface area contributed by atoms with Crippen LogP contribution in [0.1, 0.15) is 22.3 Å². The molecule has 1 heterocycles. The number of hydrogen-bond acceptors (Lipinski definition) is 6. The summed E-state index contributed by atoms with van der Waals surface area (Å²) in [6.45, 7) is -0.176. The molecule has 0 bridgehead atoms. The zero-order valence-electron chi connectivity index (χ0n) is 18.9. The van der Waals surface area contributed by atoms with Crippen LogP contribution in [0, 0.1) is 0 Å². The van der Waals surface area contributed by atoms with Crippen LogP contribution >= 0.6 is 23.2 Å². The molecule has 8 nitrogen and oxygen atoms in total. The second-order valence-corrected chi connectivity index (χ2v) is 10.6. The fourth-order valence-corrected chi connectivity index (χ4v) is 6.21. The second-order valence-electron chi connectivity index (χ2n) is 7.94. The summed E-state index contributed by atoms with van der Waals surface area (Å²) in [7, 11) is -3.12. The number of amides is 2. The van der Waals surface area contributed by atoms with E-state index in [1.807, 2.05) is 0 Å². The molecule has 3 aromatic rings. The molecule has 11 heteroatoms. The maximum Gasteiger partial charge on any atom is 0.337 e. The molecule has 186 valence electrons. The van der Waals surface area contributed by atoms with E-state index in [1.165, 1.54) is 49.6 Å². The number of imide groups is 1. The lowest BCUT2D eigenvalue weighted by Crippen LogP contribution is -2.45. The normalized spacial score (nSPS) is 16.0. The maximum atomic E-state index is 13.8. The minimum atomic E-state index is -4.36. The molecule has 4 rings (SSSR count). The molecule has 1 fully saturated rings. The summed E-state index contributed by atoms with van der Waals surface area (Å²) >= 11 is 12.3. The van der Waals surface area contributed by atoms with E-state index in [9.17, 15) is 22.8 Å². The summed E-state index contributed by atoms with van der Waals surface area (Å²) in [6, 6.07) is 17.1. The van der Waals surface area contributed by atoms with Crippen molar-refractivity contribution in [1.29, 1.82) is 0 Å². The van der Waals surface area contributed by atoms with Gasteiger partial charge in [0.2, 0.25) is 15.9 Å². The fraction of sp³-hybridized carbons (Fsp3) is 0.160. The Kier molecular flexibility index (Phi) is 7.46. The van der Waals surface area contributed by atoms with E-state index in [1.54, 1.807) is 30.3 Å². The zero-order valence-corrected chi connectivity index (χ0v) is 21.3. The lowest BCUT2D eigenvalue weighted by Gasteiger charge is -2.27. The monoisotopic (exact) mass is 546 g/mol. The Bertz CT molecular complexity index is 1430. The van der Waals surface area contributed by atoms with Gasteiger partial charge in [0.15, 0.2) is 0 Å². The number of carbonyl (C=O) groups excluding carboxylic acids is 3. The number of nitrogens with zero attached hydrogens (tertiary/aromatic N) is 2. The van der Waals surface area contributed by atoms with Crippen LogP contribution in [-0.2, 0) is 30.9 Å². The van der Waals surface area contributed by atoms with Gasteiger partial charge in [0, 0.05) is 11.6 Å². The molecule has 0 radical (unpaired) electrons. The molecule has 1 saturated heterocycles. The van der Waals surface area contributed by atoms with Crippen LogP contribution in [0.25, 0.3) is 0 Å². The minimum absolute atomic E-state index is 0.0653. The molecule has 1 aliphatic heterocycles. The Morgan fingerprint density at radius 2 is 1.69 bits per heavy atom. The SMILES string of the molecule is COC(=O)c1ccc(N2C(=O)CC(N(Cc3ccccc3)S(=O)(=O)c3cc(Cl)ccc3Cl)C2=O)cc1. The number of hydrogen-bond donors (Lipinski definition) is 0. The smallest absolute Gasteiger partial charge is 0.337 e. The molecular formula is C25H20Cl2N2O6S. The van der Waals surface area contributed by atoms with Crippen molar-refractivity contribution < 1.29 is 27.5 Å². The molecule has 0 spiro atoms. The lowest BCUT2D eigenvalue weighted by atomic mass is 10.2. The molecular weight excluding hydrogens is 527 g/mol. The summed E-state index contributed by atoms with van der Waals surface area (Å²) in [4.78, 5) is 38.8. The van der Waals surface area contributed by atoms with Crippen LogP contribution in [0.3, 0.4) is 0 Å². The highest BCUT2D eigenvalue weighted by atomic mass is 35.5. The van der Waals surface area contributed by atoms with Gasteiger partial charge in [0.25, 0.3) is 5.91 Å². The van der Waals surface area contributed by atoms with Crippen molar-refractivity contribution >= 4 is 56.7 Å². The van der Waals surface area contributed by atoms with Crippen LogP contribution in [0.2, 0.25) is 10.0 Å². The van der Waals surface area contributed by atoms with Crippen molar-refractivity contribution in [3.63, 3.8) is 0 Å². The van der Waals surface area contributed by atoms with Crippen molar-refractivity contribution in [3.8, 4) is 0 Å². The molecule has 0 N–H and O–H groups in total. The molecule has 36 heavy (non-hydrogen) atoms. The average molecular weight is 547 g/mol. The Morgan fingerprint density at radius 1 is 1.03 bits per heavy atom. The topological polar surface area (TPSA) is 101 Å². The van der Waals surface area contributed by atoms with Gasteiger partial charge < -0.3 is 4.74 Å². The Balaban J connectivity index is 1.74. The molecule has 1 aliphatic rings. The van der Waals surface area contributed by atoms with Gasteiger partial charge >= 0.3 is 5.97 Å². The highest BCUT2D eigenvalue weighted by Crippen LogP contribution is 2.34. The molecule has 1 unspecified atom stereocenters. The highest BCUT2D eigenvalue weighted by Gasteiger charge is 2.47. The summed E-state index contributed by atoms with van der Waals surface area (Å²) in [5.74, 6) is -1.87. The van der Waals surface area contributed by atoms with Crippen LogP contribution in [0.15, 0.2) is 77.7 Å². The van der Waals surface area contributed by atoms with E-state index >= 15 is 0 Å². The second kappa shape index (κ2) is 10.4. The van der Waals surface area contributed by atoms with E-state index in [4.69, 9.17) is 23.2 Å². The van der Waals surface area contributed by atoms with Crippen molar-refractivity contribution in [1.82, 2.24) is 4.31 Å². The van der Waals surface area contributed by atoms with E-state index < -0.39 is 33.8 Å². The number of sulfonamides is 1. The number of halogens is 2. The summed E-state index contributed by atoms with van der Waals surface area (Å²) < 4.78 is 33.2. The summed E-state index contributed by atoms with van der Waals surface area (Å²) in [5, 5.41) is 0.0864. The average Bonchev–Trinajstić information content (AvgIpc) is 3.17. The van der Waals surface area contributed by atoms with Crippen molar-refractivity contribution in [2.24, 2.45) is 0 Å². The van der Waals surface area contributed by atoms with E-state index in [0.717, 1.165) is 9.21 Å². The number of anilines is 1. The number of carbonyl (C=O) groups is 3. The number of esters is 1. The van der Waals surface area contributed by atoms with Gasteiger partial charge in [-0.1, -0.05) is 53.5 Å². The third-order valence-electron chi connectivity index (χ3n) is 5.68. The largest absolute Gasteiger partial charge is 0.465 e. The molecule has 1 atom stereocenters. The summed E-state index contributed by atoms with van der Waals surface area (Å²) in [5.41, 5.74) is 1.05. The predicted octanol–water partition coefficient (Wildman–Crippen LogP) is 4.30. The van der Waals surface area contributed by atoms with Crippen LogP contribution in [-0.4, -0.2) is 43.7 Å². The first-order valence-electron chi connectivity index (χ1n) is 10.7. The van der Waals surface area contributed by atoms with Gasteiger partial charge in [-0.3, -0.25) is 9.59 Å². The number of ether oxygens (including phenoxy) is 1. The number of benzene rings is 3. The van der Waals surface area contributed by atoms with Gasteiger partial charge in [0.05, 0.1) is 29.8 Å². The van der Waals surface area contributed by atoms with E-state index in [-0.39, 0.29) is 39.2 Å². The Morgan fingerprint density at radius 3 is 2.33 bits per heavy atom. The number of methoxy groups -OCH3 is 1. The highest BCUT2D eigenvalue weighted by molar-refractivity contribution is 7.89. The molecule has 0 saturated carbocycles. The fourth-order valence-electron chi connectivity index (χ4n) is 3.90. The molecule has 2 amide bonds. The van der Waals surface area contributed by atoms with Gasteiger partial charge in [-0.05, 0) is 48.0 Å². The quantitative estimate of drug-likeness (QED) is 0.323. The maximum absolute atomic E-state index is 13.8. The van der Waals surface area contributed by atoms with Gasteiger partial charge in [-0.25, -0.2) is 18.1 Å². The van der Waals surface area contributed by atoms with E-state index in [2.05, 4.69) is 4.74 Å². The third-order valence-corrected chi connectivity index (χ3v) is 8.25. The van der Waals surface area contributed by atoms with Crippen LogP contribution in [0.4, 0.5) is 5.69 Å². The first kappa shape index (κ1) is 25.8. The van der Waals surface area contributed by atoms with Crippen molar-refractivity contribution in [2.45, 2.75) is 23.9 Å². The number of rotatable bonds is 7. The van der Waals surface area contributed by atoms with Gasteiger partial charge in [0.1, 0.15) is 10.9 Å². The van der Waals surface area contributed by atoms with Crippen LogP contribution in [0.5, 0.6) is 0 Å². The first-order valence-corrected chi connectivity index (χ1v) is 12.9. The lowest BCUT2D eigenvalue weighted by molar-refractivity contribution is -0.122. The minimum Gasteiger partial charge on any atom is -0.465 e. The first-order chi connectivity index (χ1) is 17.1. The Hall–Kier alpha value is -3.24. The molecule has 3 aromatic carbocycles. The van der Waals surface area contributed by atoms with Crippen molar-refractivity contribution in [3.05, 3.63) is 94.0 Å². The summed E-state index contributed by atoms with van der Waals surface area (Å²) in [6.07, 6.45) is -0.373. The zero-order chi connectivity index (χ0) is 26.0. The molecule has 0 aliphatic carbocycles. The van der Waals surface area contributed by atoms with Gasteiger partial charge in [-0.2, -0.15) is 4.31 Å². The van der Waals surface area contributed by atoms with Crippen molar-refractivity contribution in [2.75, 3.05) is 12.0 Å².